The van der Waals surface area contributed by atoms with E-state index in [0.29, 0.717) is 11.1 Å². The lowest BCUT2D eigenvalue weighted by molar-refractivity contribution is -0.275. The lowest BCUT2D eigenvalue weighted by Crippen LogP contribution is -2.61. The minimum atomic E-state index is -5.03. The molecule has 2 unspecified atom stereocenters. The normalized spacial score (nSPS) is 20.9. The Kier molecular flexibility index (Phi) is 7.34. The van der Waals surface area contributed by atoms with Crippen molar-refractivity contribution in [2.75, 3.05) is 7.11 Å². The summed E-state index contributed by atoms with van der Waals surface area (Å²) in [7, 11) is 1.35. The zero-order valence-corrected chi connectivity index (χ0v) is 19.1. The van der Waals surface area contributed by atoms with E-state index in [0.717, 1.165) is 25.0 Å². The van der Waals surface area contributed by atoms with E-state index in [1.54, 1.807) is 6.07 Å². The van der Waals surface area contributed by atoms with Crippen LogP contribution in [-0.4, -0.2) is 37.5 Å². The Hall–Kier alpha value is -3.41. The van der Waals surface area contributed by atoms with Crippen molar-refractivity contribution in [1.29, 1.82) is 0 Å². The summed E-state index contributed by atoms with van der Waals surface area (Å²) >= 11 is 0. The van der Waals surface area contributed by atoms with Crippen LogP contribution in [0, 0.1) is 17.6 Å². The third-order valence-corrected chi connectivity index (χ3v) is 6.03. The molecule has 3 N–H and O–H groups in total. The van der Waals surface area contributed by atoms with Crippen LogP contribution >= 0.6 is 0 Å². The van der Waals surface area contributed by atoms with Crippen molar-refractivity contribution in [2.45, 2.75) is 50.3 Å². The Labute approximate surface area is 203 Å². The van der Waals surface area contributed by atoms with Crippen molar-refractivity contribution in [3.8, 4) is 11.5 Å². The van der Waals surface area contributed by atoms with Crippen molar-refractivity contribution in [3.05, 3.63) is 59.2 Å². The third kappa shape index (κ3) is 6.42. The Morgan fingerprint density at radius 2 is 1.81 bits per heavy atom. The molecule has 0 aromatic heterocycles. The number of halogens is 5. The van der Waals surface area contributed by atoms with Crippen LogP contribution in [0.3, 0.4) is 0 Å². The van der Waals surface area contributed by atoms with Crippen LogP contribution in [0.5, 0.6) is 11.5 Å². The van der Waals surface area contributed by atoms with Gasteiger partial charge in [-0.2, -0.15) is 0 Å². The number of carbonyl (C=O) groups excluding carboxylic acids is 2. The van der Waals surface area contributed by atoms with Crippen LogP contribution in [0.15, 0.2) is 36.4 Å². The molecule has 1 heterocycles. The molecule has 2 aliphatic rings. The van der Waals surface area contributed by atoms with E-state index in [9.17, 15) is 31.5 Å². The zero-order chi connectivity index (χ0) is 26.0. The highest BCUT2D eigenvalue weighted by molar-refractivity contribution is 5.89. The molecule has 3 atom stereocenters. The summed E-state index contributed by atoms with van der Waals surface area (Å²) in [6.07, 6.45) is -4.13. The molecule has 36 heavy (non-hydrogen) atoms. The second-order valence-electron chi connectivity index (χ2n) is 8.78. The van der Waals surface area contributed by atoms with Gasteiger partial charge in [-0.3, -0.25) is 14.9 Å². The molecule has 12 heteroatoms. The number of amides is 2. The Balaban J connectivity index is 1.43. The van der Waals surface area contributed by atoms with E-state index in [1.165, 1.54) is 25.3 Å². The number of benzene rings is 2. The molecule has 0 bridgehead atoms. The van der Waals surface area contributed by atoms with Gasteiger partial charge in [0.1, 0.15) is 0 Å². The highest BCUT2D eigenvalue weighted by atomic mass is 19.4. The van der Waals surface area contributed by atoms with Crippen molar-refractivity contribution < 1.29 is 41.0 Å². The van der Waals surface area contributed by atoms with Gasteiger partial charge in [-0.1, -0.05) is 12.1 Å². The summed E-state index contributed by atoms with van der Waals surface area (Å²) in [5.41, 5.74) is 0.864. The molecule has 2 aromatic carbocycles. The number of nitrogens with one attached hydrogen (secondary N) is 3. The average molecular weight is 513 g/mol. The summed E-state index contributed by atoms with van der Waals surface area (Å²) in [6, 6.07) is 5.88. The van der Waals surface area contributed by atoms with Crippen LogP contribution in [0.1, 0.15) is 36.4 Å². The molecule has 1 saturated carbocycles. The van der Waals surface area contributed by atoms with Crippen LogP contribution in [0.4, 0.5) is 22.0 Å². The number of carbonyl (C=O) groups is 2. The lowest BCUT2D eigenvalue weighted by atomic mass is 10.00. The standard InChI is InChI=1S/C24H24F5N3O4/c1-35-18-6-2-12(8-15(18)25)9-20-30-17(11-21(33)31-20)23(34)32-22(13-3-4-13)14-5-7-19(16(26)10-14)36-24(27,28)29/h2,5-8,10,13,17,20,22,30H,3-4,9,11H2,1H3,(H,31,33)(H,32,34)/t17?,20?,22-/m1/s1. The Morgan fingerprint density at radius 3 is 2.42 bits per heavy atom. The zero-order valence-electron chi connectivity index (χ0n) is 19.1. The maximum atomic E-state index is 14.3. The van der Waals surface area contributed by atoms with Gasteiger partial charge in [0.2, 0.25) is 11.8 Å². The van der Waals surface area contributed by atoms with Gasteiger partial charge >= 0.3 is 6.36 Å². The van der Waals surface area contributed by atoms with Gasteiger partial charge in [-0.05, 0) is 54.2 Å². The number of rotatable bonds is 8. The van der Waals surface area contributed by atoms with Gasteiger partial charge in [0, 0.05) is 6.42 Å². The molecule has 0 spiro atoms. The number of hydrogen-bond acceptors (Lipinski definition) is 5. The van der Waals surface area contributed by atoms with Gasteiger partial charge in [-0.25, -0.2) is 8.78 Å². The number of methoxy groups -OCH3 is 1. The summed E-state index contributed by atoms with van der Waals surface area (Å²) in [5.74, 6) is -3.55. The van der Waals surface area contributed by atoms with E-state index in [1.807, 2.05) is 0 Å². The molecule has 7 nitrogen and oxygen atoms in total. The third-order valence-electron chi connectivity index (χ3n) is 6.03. The van der Waals surface area contributed by atoms with Crippen LogP contribution < -0.4 is 25.4 Å². The van der Waals surface area contributed by atoms with Crippen molar-refractivity contribution in [3.63, 3.8) is 0 Å². The van der Waals surface area contributed by atoms with E-state index in [2.05, 4.69) is 20.7 Å². The van der Waals surface area contributed by atoms with Crippen LogP contribution in [0.2, 0.25) is 0 Å². The smallest absolute Gasteiger partial charge is 0.494 e. The SMILES string of the molecule is COc1ccc(CC2NC(=O)CC(C(=O)N[C@@H](c3ccc(OC(F)(F)F)c(F)c3)C3CC3)N2)cc1F. The molecule has 0 radical (unpaired) electrons. The summed E-state index contributed by atoms with van der Waals surface area (Å²) in [6.45, 7) is 0. The molecule has 2 amide bonds. The predicted molar refractivity (Wildman–Crippen MR) is 117 cm³/mol. The highest BCUT2D eigenvalue weighted by Gasteiger charge is 2.38. The first-order valence-corrected chi connectivity index (χ1v) is 11.3. The number of ether oxygens (including phenoxy) is 2. The van der Waals surface area contributed by atoms with Gasteiger partial charge in [-0.15, -0.1) is 13.2 Å². The number of hydrogen-bond donors (Lipinski definition) is 3. The monoisotopic (exact) mass is 513 g/mol. The van der Waals surface area contributed by atoms with Crippen molar-refractivity contribution >= 4 is 11.8 Å². The quantitative estimate of drug-likeness (QED) is 0.471. The minimum absolute atomic E-state index is 0.0155. The lowest BCUT2D eigenvalue weighted by Gasteiger charge is -2.32. The maximum Gasteiger partial charge on any atom is 0.573 e. The highest BCUT2D eigenvalue weighted by Crippen LogP contribution is 2.42. The van der Waals surface area contributed by atoms with Crippen LogP contribution in [-0.2, 0) is 16.0 Å². The molecular weight excluding hydrogens is 489 g/mol. The summed E-state index contributed by atoms with van der Waals surface area (Å²) < 4.78 is 74.2. The second-order valence-corrected chi connectivity index (χ2v) is 8.78. The average Bonchev–Trinajstić information content (AvgIpc) is 3.63. The fourth-order valence-electron chi connectivity index (χ4n) is 4.21. The number of alkyl halides is 3. The largest absolute Gasteiger partial charge is 0.573 e. The molecule has 2 aromatic rings. The fourth-order valence-corrected chi connectivity index (χ4v) is 4.21. The Bertz CT molecular complexity index is 1140. The van der Waals surface area contributed by atoms with E-state index in [-0.39, 0.29) is 30.4 Å². The van der Waals surface area contributed by atoms with E-state index in [4.69, 9.17) is 4.74 Å². The maximum absolute atomic E-state index is 14.3. The van der Waals surface area contributed by atoms with E-state index >= 15 is 0 Å². The van der Waals surface area contributed by atoms with Gasteiger partial charge in [0.25, 0.3) is 0 Å². The Morgan fingerprint density at radius 1 is 1.11 bits per heavy atom. The van der Waals surface area contributed by atoms with E-state index < -0.39 is 47.9 Å². The van der Waals surface area contributed by atoms with Gasteiger partial charge in [0.15, 0.2) is 23.1 Å². The first kappa shape index (κ1) is 25.7. The molecule has 1 aliphatic heterocycles. The molecule has 1 saturated heterocycles. The second kappa shape index (κ2) is 10.3. The van der Waals surface area contributed by atoms with Crippen molar-refractivity contribution in [2.24, 2.45) is 5.92 Å². The predicted octanol–water partition coefficient (Wildman–Crippen LogP) is 3.49. The first-order valence-electron chi connectivity index (χ1n) is 11.3. The van der Waals surface area contributed by atoms with Gasteiger partial charge < -0.3 is 20.1 Å². The summed E-state index contributed by atoms with van der Waals surface area (Å²) in [5, 5.41) is 8.54. The molecular formula is C24H24F5N3O4. The first-order chi connectivity index (χ1) is 17.0. The topological polar surface area (TPSA) is 88.7 Å². The fraction of sp³-hybridized carbons (Fsp3) is 0.417. The molecule has 194 valence electrons. The van der Waals surface area contributed by atoms with Crippen molar-refractivity contribution in [1.82, 2.24) is 16.0 Å². The molecule has 1 aliphatic carbocycles. The minimum Gasteiger partial charge on any atom is -0.494 e. The molecule has 2 fully saturated rings. The summed E-state index contributed by atoms with van der Waals surface area (Å²) in [4.78, 5) is 25.3. The molecule has 4 rings (SSSR count). The van der Waals surface area contributed by atoms with Crippen LogP contribution in [0.25, 0.3) is 0 Å². The van der Waals surface area contributed by atoms with Gasteiger partial charge in [0.05, 0.1) is 31.8 Å².